The van der Waals surface area contributed by atoms with Crippen LogP contribution in [0.25, 0.3) is 21.7 Å². The lowest BCUT2D eigenvalue weighted by Gasteiger charge is -2.23. The van der Waals surface area contributed by atoms with Gasteiger partial charge in [-0.3, -0.25) is 0 Å². The van der Waals surface area contributed by atoms with Crippen LogP contribution in [0.4, 0.5) is 6.01 Å². The van der Waals surface area contributed by atoms with E-state index in [1.54, 1.807) is 25.3 Å². The van der Waals surface area contributed by atoms with Crippen LogP contribution >= 0.6 is 11.3 Å². The summed E-state index contributed by atoms with van der Waals surface area (Å²) < 4.78 is 17.2. The molecular formula is C19H20N4O4S. The molecular weight excluding hydrogens is 380 g/mol. The second kappa shape index (κ2) is 7.16. The zero-order valence-electron chi connectivity index (χ0n) is 15.4. The maximum atomic E-state index is 12.3. The molecule has 146 valence electrons. The van der Waals surface area contributed by atoms with E-state index in [0.29, 0.717) is 42.4 Å². The molecule has 3 aliphatic rings. The molecule has 2 bridgehead atoms. The third kappa shape index (κ3) is 3.15. The van der Waals surface area contributed by atoms with Gasteiger partial charge in [-0.25, -0.2) is 9.78 Å². The summed E-state index contributed by atoms with van der Waals surface area (Å²) >= 11 is 1.49. The fraction of sp³-hybridized carbons (Fsp3) is 0.421. The molecule has 2 aromatic heterocycles. The Kier molecular flexibility index (Phi) is 4.50. The molecule has 1 aromatic carbocycles. The molecule has 0 radical (unpaired) electrons. The summed E-state index contributed by atoms with van der Waals surface area (Å²) in [5, 5.41) is 6.15. The molecule has 3 aliphatic heterocycles. The summed E-state index contributed by atoms with van der Waals surface area (Å²) in [5.41, 5.74) is 2.45. The molecule has 3 aromatic rings. The number of carbonyl (C=O) groups excluding carboxylic acids is 1. The molecule has 5 heterocycles. The van der Waals surface area contributed by atoms with E-state index in [0.717, 1.165) is 23.7 Å². The topological polar surface area (TPSA) is 89.7 Å². The van der Waals surface area contributed by atoms with E-state index in [2.05, 4.69) is 15.2 Å². The fourth-order valence-corrected chi connectivity index (χ4v) is 4.30. The van der Waals surface area contributed by atoms with Gasteiger partial charge in [0.05, 0.1) is 30.4 Å². The monoisotopic (exact) mass is 400 g/mol. The van der Waals surface area contributed by atoms with Crippen molar-refractivity contribution in [2.75, 3.05) is 37.7 Å². The number of anilines is 1. The van der Waals surface area contributed by atoms with Crippen molar-refractivity contribution in [1.82, 2.24) is 15.3 Å². The molecule has 0 saturated carbocycles. The minimum Gasteiger partial charge on any atom is -0.462 e. The molecule has 0 spiro atoms. The highest BCUT2D eigenvalue weighted by atomic mass is 32.1. The van der Waals surface area contributed by atoms with Crippen LogP contribution in [0, 0.1) is 0 Å². The molecule has 6 rings (SSSR count). The molecule has 8 nitrogen and oxygen atoms in total. The first-order chi connectivity index (χ1) is 13.7. The number of morpholine rings is 1. The Bertz CT molecular complexity index is 981. The standard InChI is InChI=1S/C19H20N4O4S/c1-2-25-18(24)11-5-14(17-20-3-4-28-17)16-15(6-11)22-19(27-16)23-8-12-10-26-13(9-23)7-21-12/h3-6,12-13,21H,2,7-10H2,1H3. The largest absolute Gasteiger partial charge is 0.462 e. The summed E-state index contributed by atoms with van der Waals surface area (Å²) in [4.78, 5) is 23.5. The predicted molar refractivity (Wildman–Crippen MR) is 105 cm³/mol. The molecule has 0 amide bonds. The Morgan fingerprint density at radius 3 is 3.11 bits per heavy atom. The maximum Gasteiger partial charge on any atom is 0.338 e. The van der Waals surface area contributed by atoms with Crippen molar-refractivity contribution < 1.29 is 18.7 Å². The van der Waals surface area contributed by atoms with Crippen molar-refractivity contribution in [3.63, 3.8) is 0 Å². The van der Waals surface area contributed by atoms with Crippen LogP contribution in [0.2, 0.25) is 0 Å². The molecule has 9 heteroatoms. The number of ether oxygens (including phenoxy) is 2. The summed E-state index contributed by atoms with van der Waals surface area (Å²) in [6.45, 7) is 5.11. The lowest BCUT2D eigenvalue weighted by atomic mass is 10.1. The number of nitrogens with zero attached hydrogens (tertiary/aromatic N) is 3. The van der Waals surface area contributed by atoms with Gasteiger partial charge in [0.2, 0.25) is 0 Å². The normalized spacial score (nSPS) is 21.8. The van der Waals surface area contributed by atoms with E-state index >= 15 is 0 Å². The summed E-state index contributed by atoms with van der Waals surface area (Å²) in [6.07, 6.45) is 1.85. The molecule has 28 heavy (non-hydrogen) atoms. The van der Waals surface area contributed by atoms with Crippen molar-refractivity contribution >= 4 is 34.4 Å². The lowest BCUT2D eigenvalue weighted by Crippen LogP contribution is -2.45. The van der Waals surface area contributed by atoms with Crippen molar-refractivity contribution in [2.45, 2.75) is 19.1 Å². The van der Waals surface area contributed by atoms with Crippen LogP contribution < -0.4 is 10.2 Å². The third-order valence-corrected chi connectivity index (χ3v) is 5.76. The number of thiazole rings is 1. The van der Waals surface area contributed by atoms with Crippen LogP contribution in [0.15, 0.2) is 28.1 Å². The second-order valence-electron chi connectivity index (χ2n) is 6.89. The van der Waals surface area contributed by atoms with Gasteiger partial charge in [-0.15, -0.1) is 11.3 Å². The molecule has 3 fully saturated rings. The Morgan fingerprint density at radius 2 is 2.36 bits per heavy atom. The van der Waals surface area contributed by atoms with Crippen molar-refractivity contribution in [1.29, 1.82) is 0 Å². The van der Waals surface area contributed by atoms with Crippen molar-refractivity contribution in [3.05, 3.63) is 29.3 Å². The number of hydrogen-bond acceptors (Lipinski definition) is 9. The average molecular weight is 400 g/mol. The van der Waals surface area contributed by atoms with Crippen LogP contribution in [-0.4, -0.2) is 60.9 Å². The zero-order chi connectivity index (χ0) is 19.1. The number of esters is 1. The molecule has 1 N–H and O–H groups in total. The maximum absolute atomic E-state index is 12.3. The van der Waals surface area contributed by atoms with Gasteiger partial charge in [-0.2, -0.15) is 4.98 Å². The van der Waals surface area contributed by atoms with Gasteiger partial charge in [0.1, 0.15) is 10.5 Å². The number of benzene rings is 1. The van der Waals surface area contributed by atoms with Gasteiger partial charge < -0.3 is 24.1 Å². The molecule has 0 aliphatic carbocycles. The molecule has 2 atom stereocenters. The first-order valence-electron chi connectivity index (χ1n) is 9.32. The van der Waals surface area contributed by atoms with E-state index in [9.17, 15) is 4.79 Å². The van der Waals surface area contributed by atoms with E-state index in [4.69, 9.17) is 18.9 Å². The van der Waals surface area contributed by atoms with Gasteiger partial charge in [0, 0.05) is 37.3 Å². The number of carbonyl (C=O) groups is 1. The molecule has 2 unspecified atom stereocenters. The van der Waals surface area contributed by atoms with Gasteiger partial charge in [0.15, 0.2) is 5.58 Å². The van der Waals surface area contributed by atoms with Crippen molar-refractivity contribution in [2.24, 2.45) is 0 Å². The number of aromatic nitrogens is 2. The highest BCUT2D eigenvalue weighted by Crippen LogP contribution is 2.35. The first-order valence-corrected chi connectivity index (χ1v) is 10.2. The lowest BCUT2D eigenvalue weighted by molar-refractivity contribution is 0.0258. The van der Waals surface area contributed by atoms with Crippen LogP contribution in [0.5, 0.6) is 0 Å². The van der Waals surface area contributed by atoms with Gasteiger partial charge in [-0.1, -0.05) is 0 Å². The number of rotatable bonds is 4. The van der Waals surface area contributed by atoms with Gasteiger partial charge in [0.25, 0.3) is 6.01 Å². The van der Waals surface area contributed by atoms with Gasteiger partial charge >= 0.3 is 5.97 Å². The number of oxazole rings is 1. The van der Waals surface area contributed by atoms with Gasteiger partial charge in [-0.05, 0) is 19.1 Å². The first kappa shape index (κ1) is 17.6. The summed E-state index contributed by atoms with van der Waals surface area (Å²) in [5.74, 6) is -0.378. The van der Waals surface area contributed by atoms with E-state index in [1.165, 1.54) is 11.3 Å². The number of hydrogen-bond donors (Lipinski definition) is 1. The number of fused-ring (bicyclic) bond motifs is 5. The number of nitrogens with one attached hydrogen (secondary N) is 1. The van der Waals surface area contributed by atoms with Crippen LogP contribution in [0.3, 0.4) is 0 Å². The SMILES string of the molecule is CCOC(=O)c1cc(-c2nccs2)c2oc(N3CC4COC(CN4)C3)nc2c1. The smallest absolute Gasteiger partial charge is 0.338 e. The highest BCUT2D eigenvalue weighted by molar-refractivity contribution is 7.13. The Morgan fingerprint density at radius 1 is 1.43 bits per heavy atom. The Labute approximate surface area is 165 Å². The fourth-order valence-electron chi connectivity index (χ4n) is 3.65. The van der Waals surface area contributed by atoms with Crippen molar-refractivity contribution in [3.8, 4) is 10.6 Å². The quantitative estimate of drug-likeness (QED) is 0.668. The predicted octanol–water partition coefficient (Wildman–Crippen LogP) is 2.30. The zero-order valence-corrected chi connectivity index (χ0v) is 16.2. The second-order valence-corrected chi connectivity index (χ2v) is 7.79. The highest BCUT2D eigenvalue weighted by Gasteiger charge is 2.32. The van der Waals surface area contributed by atoms with E-state index < -0.39 is 0 Å². The Balaban J connectivity index is 1.59. The van der Waals surface area contributed by atoms with Crippen LogP contribution in [-0.2, 0) is 9.47 Å². The Hall–Kier alpha value is -2.49. The summed E-state index contributed by atoms with van der Waals surface area (Å²) in [6, 6.07) is 4.28. The van der Waals surface area contributed by atoms with E-state index in [-0.39, 0.29) is 18.1 Å². The molecule has 3 saturated heterocycles. The average Bonchev–Trinajstić information content (AvgIpc) is 3.30. The minimum absolute atomic E-state index is 0.113. The van der Waals surface area contributed by atoms with E-state index in [1.807, 2.05) is 5.38 Å². The minimum atomic E-state index is -0.378. The summed E-state index contributed by atoms with van der Waals surface area (Å²) in [7, 11) is 0. The van der Waals surface area contributed by atoms with Crippen LogP contribution in [0.1, 0.15) is 17.3 Å². The third-order valence-electron chi connectivity index (χ3n) is 4.96.